The lowest BCUT2D eigenvalue weighted by Gasteiger charge is -2.15. The zero-order valence-electron chi connectivity index (χ0n) is 7.69. The SMILES string of the molecule is C=CC(=O)Nc1cnn2c1OCCC2. The molecule has 0 saturated carbocycles. The van der Waals surface area contributed by atoms with Crippen molar-refractivity contribution in [3.63, 3.8) is 0 Å². The second-order valence-electron chi connectivity index (χ2n) is 2.98. The first-order valence-electron chi connectivity index (χ1n) is 4.43. The number of nitrogens with one attached hydrogen (secondary N) is 1. The third-order valence-corrected chi connectivity index (χ3v) is 1.99. The van der Waals surface area contributed by atoms with Crippen molar-refractivity contribution in [2.45, 2.75) is 13.0 Å². The Hall–Kier alpha value is -1.78. The molecule has 0 saturated heterocycles. The van der Waals surface area contributed by atoms with Crippen molar-refractivity contribution >= 4 is 11.6 Å². The maximum atomic E-state index is 11.0. The van der Waals surface area contributed by atoms with Gasteiger partial charge in [-0.3, -0.25) is 4.79 Å². The Morgan fingerprint density at radius 3 is 3.43 bits per heavy atom. The highest BCUT2D eigenvalue weighted by atomic mass is 16.5. The summed E-state index contributed by atoms with van der Waals surface area (Å²) in [6.45, 7) is 4.88. The van der Waals surface area contributed by atoms with Crippen LogP contribution in [-0.2, 0) is 11.3 Å². The summed E-state index contributed by atoms with van der Waals surface area (Å²) >= 11 is 0. The van der Waals surface area contributed by atoms with Gasteiger partial charge in [0.25, 0.3) is 0 Å². The first-order chi connectivity index (χ1) is 6.81. The second kappa shape index (κ2) is 3.53. The van der Waals surface area contributed by atoms with Gasteiger partial charge in [0.15, 0.2) is 0 Å². The Morgan fingerprint density at radius 2 is 2.64 bits per heavy atom. The summed E-state index contributed by atoms with van der Waals surface area (Å²) in [5.74, 6) is 0.376. The third kappa shape index (κ3) is 1.48. The van der Waals surface area contributed by atoms with Crippen molar-refractivity contribution in [2.75, 3.05) is 11.9 Å². The van der Waals surface area contributed by atoms with E-state index in [1.165, 1.54) is 6.08 Å². The molecule has 14 heavy (non-hydrogen) atoms. The number of hydrogen-bond donors (Lipinski definition) is 1. The highest BCUT2D eigenvalue weighted by Crippen LogP contribution is 2.26. The predicted molar refractivity (Wildman–Crippen MR) is 51.2 cm³/mol. The number of amides is 1. The summed E-state index contributed by atoms with van der Waals surface area (Å²) in [5, 5.41) is 6.72. The number of rotatable bonds is 2. The molecule has 2 rings (SSSR count). The highest BCUT2D eigenvalue weighted by Gasteiger charge is 2.16. The van der Waals surface area contributed by atoms with Gasteiger partial charge in [-0.1, -0.05) is 6.58 Å². The Labute approximate surface area is 81.4 Å². The minimum Gasteiger partial charge on any atom is -0.476 e. The summed E-state index contributed by atoms with van der Waals surface area (Å²) in [6.07, 6.45) is 3.75. The number of hydrogen-bond acceptors (Lipinski definition) is 3. The largest absolute Gasteiger partial charge is 0.476 e. The normalized spacial score (nSPS) is 14.0. The predicted octanol–water partition coefficient (Wildman–Crippen LogP) is 0.790. The molecule has 1 N–H and O–H groups in total. The van der Waals surface area contributed by atoms with E-state index in [1.54, 1.807) is 10.9 Å². The molecule has 0 fully saturated rings. The van der Waals surface area contributed by atoms with Gasteiger partial charge in [0.1, 0.15) is 5.69 Å². The molecule has 0 unspecified atom stereocenters. The van der Waals surface area contributed by atoms with Crippen LogP contribution in [0, 0.1) is 0 Å². The number of nitrogens with zero attached hydrogens (tertiary/aromatic N) is 2. The van der Waals surface area contributed by atoms with Gasteiger partial charge in [-0.25, -0.2) is 4.68 Å². The van der Waals surface area contributed by atoms with Gasteiger partial charge in [-0.15, -0.1) is 0 Å². The Bertz CT molecular complexity index is 370. The van der Waals surface area contributed by atoms with E-state index in [9.17, 15) is 4.79 Å². The zero-order chi connectivity index (χ0) is 9.97. The molecule has 5 heteroatoms. The average molecular weight is 193 g/mol. The molecule has 5 nitrogen and oxygen atoms in total. The lowest BCUT2D eigenvalue weighted by atomic mass is 10.4. The van der Waals surface area contributed by atoms with E-state index in [0.717, 1.165) is 13.0 Å². The molecular formula is C9H11N3O2. The molecule has 0 bridgehead atoms. The van der Waals surface area contributed by atoms with Crippen LogP contribution in [0.4, 0.5) is 5.69 Å². The van der Waals surface area contributed by atoms with Crippen molar-refractivity contribution < 1.29 is 9.53 Å². The van der Waals surface area contributed by atoms with Crippen LogP contribution >= 0.6 is 0 Å². The van der Waals surface area contributed by atoms with Crippen LogP contribution in [0.1, 0.15) is 6.42 Å². The van der Waals surface area contributed by atoms with Crippen LogP contribution in [0.15, 0.2) is 18.9 Å². The monoisotopic (exact) mass is 193 g/mol. The van der Waals surface area contributed by atoms with Crippen LogP contribution < -0.4 is 10.1 Å². The molecule has 0 atom stereocenters. The molecule has 1 aromatic rings. The van der Waals surface area contributed by atoms with E-state index in [1.807, 2.05) is 0 Å². The molecule has 0 radical (unpaired) electrons. The first-order valence-corrected chi connectivity index (χ1v) is 4.43. The van der Waals surface area contributed by atoms with Gasteiger partial charge in [-0.2, -0.15) is 5.10 Å². The number of aromatic nitrogens is 2. The molecule has 0 aromatic carbocycles. The average Bonchev–Trinajstić information content (AvgIpc) is 2.62. The van der Waals surface area contributed by atoms with Crippen LogP contribution in [0.2, 0.25) is 0 Å². The minimum absolute atomic E-state index is 0.255. The number of carbonyl (C=O) groups is 1. The van der Waals surface area contributed by atoms with Gasteiger partial charge in [0.2, 0.25) is 11.8 Å². The van der Waals surface area contributed by atoms with E-state index in [4.69, 9.17) is 4.74 Å². The lowest BCUT2D eigenvalue weighted by Crippen LogP contribution is -2.16. The first kappa shape index (κ1) is 8.80. The standard InChI is InChI=1S/C9H11N3O2/c1-2-8(13)11-7-6-10-12-4-3-5-14-9(7)12/h2,6H,1,3-5H2,(H,11,13). The Morgan fingerprint density at radius 1 is 1.79 bits per heavy atom. The van der Waals surface area contributed by atoms with Gasteiger partial charge < -0.3 is 10.1 Å². The molecule has 0 aliphatic carbocycles. The fourth-order valence-corrected chi connectivity index (χ4v) is 1.34. The number of carbonyl (C=O) groups excluding carboxylic acids is 1. The van der Waals surface area contributed by atoms with Gasteiger partial charge in [-0.05, 0) is 6.08 Å². The van der Waals surface area contributed by atoms with E-state index in [-0.39, 0.29) is 5.91 Å². The molecule has 1 aromatic heterocycles. The zero-order valence-corrected chi connectivity index (χ0v) is 7.69. The minimum atomic E-state index is -0.255. The number of fused-ring (bicyclic) bond motifs is 1. The summed E-state index contributed by atoms with van der Waals surface area (Å²) in [5.41, 5.74) is 0.606. The number of aryl methyl sites for hydroxylation is 1. The van der Waals surface area contributed by atoms with Gasteiger partial charge in [0.05, 0.1) is 12.8 Å². The van der Waals surface area contributed by atoms with Crippen LogP contribution in [-0.4, -0.2) is 22.3 Å². The van der Waals surface area contributed by atoms with Crippen molar-refractivity contribution in [3.8, 4) is 5.88 Å². The van der Waals surface area contributed by atoms with Gasteiger partial charge in [0, 0.05) is 13.0 Å². The molecule has 1 aliphatic rings. The fourth-order valence-electron chi connectivity index (χ4n) is 1.34. The third-order valence-electron chi connectivity index (χ3n) is 1.99. The summed E-state index contributed by atoms with van der Waals surface area (Å²) < 4.78 is 7.13. The van der Waals surface area contributed by atoms with Crippen LogP contribution in [0.5, 0.6) is 5.88 Å². The summed E-state index contributed by atoms with van der Waals surface area (Å²) in [7, 11) is 0. The van der Waals surface area contributed by atoms with E-state index in [0.29, 0.717) is 18.2 Å². The maximum absolute atomic E-state index is 11.0. The summed E-state index contributed by atoms with van der Waals surface area (Å²) in [6, 6.07) is 0. The molecule has 1 aliphatic heterocycles. The van der Waals surface area contributed by atoms with Crippen molar-refractivity contribution in [1.29, 1.82) is 0 Å². The topological polar surface area (TPSA) is 56.2 Å². The van der Waals surface area contributed by atoms with Crippen molar-refractivity contribution in [3.05, 3.63) is 18.9 Å². The molecular weight excluding hydrogens is 182 g/mol. The molecule has 74 valence electrons. The van der Waals surface area contributed by atoms with E-state index in [2.05, 4.69) is 17.0 Å². The molecule has 2 heterocycles. The second-order valence-corrected chi connectivity index (χ2v) is 2.98. The van der Waals surface area contributed by atoms with Gasteiger partial charge >= 0.3 is 0 Å². The number of anilines is 1. The smallest absolute Gasteiger partial charge is 0.247 e. The van der Waals surface area contributed by atoms with Crippen LogP contribution in [0.3, 0.4) is 0 Å². The van der Waals surface area contributed by atoms with E-state index >= 15 is 0 Å². The van der Waals surface area contributed by atoms with Crippen molar-refractivity contribution in [1.82, 2.24) is 9.78 Å². The fraction of sp³-hybridized carbons (Fsp3) is 0.333. The van der Waals surface area contributed by atoms with Crippen molar-refractivity contribution in [2.24, 2.45) is 0 Å². The Kier molecular flexibility index (Phi) is 2.22. The van der Waals surface area contributed by atoms with Crippen LogP contribution in [0.25, 0.3) is 0 Å². The quantitative estimate of drug-likeness (QED) is 0.706. The summed E-state index contributed by atoms with van der Waals surface area (Å²) in [4.78, 5) is 11.0. The number of ether oxygens (including phenoxy) is 1. The molecule has 1 amide bonds. The molecule has 0 spiro atoms. The maximum Gasteiger partial charge on any atom is 0.247 e. The Balaban J connectivity index is 2.22. The van der Waals surface area contributed by atoms with E-state index < -0.39 is 0 Å². The lowest BCUT2D eigenvalue weighted by molar-refractivity contribution is -0.111. The highest BCUT2D eigenvalue weighted by molar-refractivity contribution is 5.99.